The van der Waals surface area contributed by atoms with Gasteiger partial charge in [-0.25, -0.2) is 4.98 Å². The molecule has 0 aliphatic rings. The van der Waals surface area contributed by atoms with Gasteiger partial charge < -0.3 is 4.57 Å². The summed E-state index contributed by atoms with van der Waals surface area (Å²) in [5, 5.41) is 0. The van der Waals surface area contributed by atoms with Gasteiger partial charge in [0.15, 0.2) is 0 Å². The standard InChI is InChI=1S/C18H19N3/c1-14(2)12-21-13-20-17(15-7-4-3-5-8-15)18(21)16-9-6-10-19-11-16/h3-11,13-14H,12H2,1-2H3. The quantitative estimate of drug-likeness (QED) is 0.713. The molecule has 0 N–H and O–H groups in total. The Balaban J connectivity index is 2.15. The molecule has 0 atom stereocenters. The topological polar surface area (TPSA) is 30.7 Å². The van der Waals surface area contributed by atoms with E-state index < -0.39 is 0 Å². The van der Waals surface area contributed by atoms with Gasteiger partial charge in [0.05, 0.1) is 17.7 Å². The van der Waals surface area contributed by atoms with Crippen molar-refractivity contribution >= 4 is 0 Å². The van der Waals surface area contributed by atoms with Crippen molar-refractivity contribution in [2.75, 3.05) is 0 Å². The zero-order valence-corrected chi connectivity index (χ0v) is 12.4. The lowest BCUT2D eigenvalue weighted by Gasteiger charge is -2.12. The van der Waals surface area contributed by atoms with E-state index in [-0.39, 0.29) is 0 Å². The molecule has 0 saturated heterocycles. The molecule has 21 heavy (non-hydrogen) atoms. The second-order valence-electron chi connectivity index (χ2n) is 5.60. The number of nitrogens with zero attached hydrogens (tertiary/aromatic N) is 3. The van der Waals surface area contributed by atoms with E-state index in [1.54, 1.807) is 6.20 Å². The van der Waals surface area contributed by atoms with E-state index in [2.05, 4.69) is 46.6 Å². The Kier molecular flexibility index (Phi) is 3.82. The first-order valence-electron chi connectivity index (χ1n) is 7.26. The van der Waals surface area contributed by atoms with Crippen molar-refractivity contribution in [3.8, 4) is 22.5 Å². The molecule has 0 unspecified atom stereocenters. The third-order valence-electron chi connectivity index (χ3n) is 3.38. The van der Waals surface area contributed by atoms with Crippen LogP contribution in [0.4, 0.5) is 0 Å². The molecule has 0 spiro atoms. The van der Waals surface area contributed by atoms with Crippen molar-refractivity contribution in [2.45, 2.75) is 20.4 Å². The van der Waals surface area contributed by atoms with Crippen LogP contribution in [-0.4, -0.2) is 14.5 Å². The summed E-state index contributed by atoms with van der Waals surface area (Å²) in [4.78, 5) is 8.91. The highest BCUT2D eigenvalue weighted by Crippen LogP contribution is 2.31. The first-order chi connectivity index (χ1) is 10.3. The van der Waals surface area contributed by atoms with Gasteiger partial charge in [0.1, 0.15) is 0 Å². The molecule has 0 saturated carbocycles. The number of rotatable bonds is 4. The van der Waals surface area contributed by atoms with Crippen molar-refractivity contribution in [1.82, 2.24) is 14.5 Å². The van der Waals surface area contributed by atoms with Gasteiger partial charge in [-0.15, -0.1) is 0 Å². The Bertz CT molecular complexity index is 700. The zero-order valence-electron chi connectivity index (χ0n) is 12.4. The van der Waals surface area contributed by atoms with E-state index in [0.717, 1.165) is 29.1 Å². The van der Waals surface area contributed by atoms with Crippen molar-refractivity contribution in [3.05, 3.63) is 61.2 Å². The summed E-state index contributed by atoms with van der Waals surface area (Å²) >= 11 is 0. The molecule has 0 aliphatic carbocycles. The van der Waals surface area contributed by atoms with Crippen LogP contribution in [0.15, 0.2) is 61.2 Å². The second-order valence-corrected chi connectivity index (χ2v) is 5.60. The Morgan fingerprint density at radius 3 is 2.43 bits per heavy atom. The molecule has 0 aliphatic heterocycles. The zero-order chi connectivity index (χ0) is 14.7. The van der Waals surface area contributed by atoms with Crippen LogP contribution in [0, 0.1) is 5.92 Å². The highest BCUT2D eigenvalue weighted by Gasteiger charge is 2.15. The van der Waals surface area contributed by atoms with Crippen molar-refractivity contribution in [1.29, 1.82) is 0 Å². The summed E-state index contributed by atoms with van der Waals surface area (Å²) in [5.41, 5.74) is 4.40. The molecule has 0 bridgehead atoms. The molecule has 3 rings (SSSR count). The molecule has 2 heterocycles. The van der Waals surface area contributed by atoms with E-state index >= 15 is 0 Å². The number of benzene rings is 1. The largest absolute Gasteiger partial charge is 0.330 e. The van der Waals surface area contributed by atoms with Gasteiger partial charge in [-0.1, -0.05) is 44.2 Å². The summed E-state index contributed by atoms with van der Waals surface area (Å²) in [6.07, 6.45) is 5.64. The number of aromatic nitrogens is 3. The van der Waals surface area contributed by atoms with E-state index in [4.69, 9.17) is 0 Å². The van der Waals surface area contributed by atoms with E-state index in [0.29, 0.717) is 5.92 Å². The van der Waals surface area contributed by atoms with Gasteiger partial charge in [0.25, 0.3) is 0 Å². The SMILES string of the molecule is CC(C)Cn1cnc(-c2ccccc2)c1-c1cccnc1. The summed E-state index contributed by atoms with van der Waals surface area (Å²) < 4.78 is 2.23. The smallest absolute Gasteiger partial charge is 0.0963 e. The third kappa shape index (κ3) is 2.87. The van der Waals surface area contributed by atoms with Crippen molar-refractivity contribution < 1.29 is 0 Å². The van der Waals surface area contributed by atoms with Crippen LogP contribution in [0.1, 0.15) is 13.8 Å². The lowest BCUT2D eigenvalue weighted by molar-refractivity contribution is 0.526. The first-order valence-corrected chi connectivity index (χ1v) is 7.26. The van der Waals surface area contributed by atoms with Crippen LogP contribution in [0.3, 0.4) is 0 Å². The Hall–Kier alpha value is -2.42. The maximum Gasteiger partial charge on any atom is 0.0963 e. The average Bonchev–Trinajstić information content (AvgIpc) is 2.92. The predicted molar refractivity (Wildman–Crippen MR) is 85.7 cm³/mol. The summed E-state index contributed by atoms with van der Waals surface area (Å²) in [5.74, 6) is 0.568. The van der Waals surface area contributed by atoms with E-state index in [1.807, 2.05) is 36.8 Å². The fourth-order valence-corrected chi connectivity index (χ4v) is 2.53. The van der Waals surface area contributed by atoms with E-state index in [1.165, 1.54) is 0 Å². The number of imidazole rings is 1. The third-order valence-corrected chi connectivity index (χ3v) is 3.38. The number of hydrogen-bond acceptors (Lipinski definition) is 2. The maximum absolute atomic E-state index is 4.65. The van der Waals surface area contributed by atoms with Crippen LogP contribution in [-0.2, 0) is 6.54 Å². The van der Waals surface area contributed by atoms with Gasteiger partial charge >= 0.3 is 0 Å². The lowest BCUT2D eigenvalue weighted by Crippen LogP contribution is -2.05. The summed E-state index contributed by atoms with van der Waals surface area (Å²) in [7, 11) is 0. The van der Waals surface area contributed by atoms with Crippen molar-refractivity contribution in [2.24, 2.45) is 5.92 Å². The Labute approximate surface area is 125 Å². The molecular weight excluding hydrogens is 258 g/mol. The van der Waals surface area contributed by atoms with Crippen LogP contribution >= 0.6 is 0 Å². The minimum atomic E-state index is 0.568. The highest BCUT2D eigenvalue weighted by molar-refractivity contribution is 5.78. The maximum atomic E-state index is 4.65. The van der Waals surface area contributed by atoms with Crippen LogP contribution < -0.4 is 0 Å². The molecule has 3 heteroatoms. The molecule has 0 fully saturated rings. The van der Waals surface area contributed by atoms with Gasteiger partial charge in [0, 0.05) is 30.1 Å². The molecule has 2 aromatic heterocycles. The van der Waals surface area contributed by atoms with Gasteiger partial charge in [0.2, 0.25) is 0 Å². The summed E-state index contributed by atoms with van der Waals surface area (Å²) in [6, 6.07) is 14.4. The molecule has 0 radical (unpaired) electrons. The predicted octanol–water partition coefficient (Wildman–Crippen LogP) is 4.27. The van der Waals surface area contributed by atoms with Crippen molar-refractivity contribution in [3.63, 3.8) is 0 Å². The normalized spacial score (nSPS) is 11.0. The average molecular weight is 277 g/mol. The molecule has 106 valence electrons. The molecule has 3 nitrogen and oxygen atoms in total. The number of hydrogen-bond donors (Lipinski definition) is 0. The van der Waals surface area contributed by atoms with Crippen LogP contribution in [0.25, 0.3) is 22.5 Å². The molecule has 1 aromatic carbocycles. The minimum Gasteiger partial charge on any atom is -0.330 e. The molecule has 3 aromatic rings. The van der Waals surface area contributed by atoms with Gasteiger partial charge in [-0.3, -0.25) is 4.98 Å². The minimum absolute atomic E-state index is 0.568. The molecule has 0 amide bonds. The van der Waals surface area contributed by atoms with E-state index in [9.17, 15) is 0 Å². The molecular formula is C18H19N3. The van der Waals surface area contributed by atoms with Crippen LogP contribution in [0.2, 0.25) is 0 Å². The first kappa shape index (κ1) is 13.6. The Morgan fingerprint density at radius 2 is 1.76 bits per heavy atom. The fourth-order valence-electron chi connectivity index (χ4n) is 2.53. The van der Waals surface area contributed by atoms with Crippen LogP contribution in [0.5, 0.6) is 0 Å². The Morgan fingerprint density at radius 1 is 1.00 bits per heavy atom. The van der Waals surface area contributed by atoms with Gasteiger partial charge in [-0.2, -0.15) is 0 Å². The van der Waals surface area contributed by atoms with Gasteiger partial charge in [-0.05, 0) is 18.1 Å². The number of pyridine rings is 1. The second kappa shape index (κ2) is 5.92. The lowest BCUT2D eigenvalue weighted by atomic mass is 10.1. The summed E-state index contributed by atoms with van der Waals surface area (Å²) in [6.45, 7) is 5.38. The highest BCUT2D eigenvalue weighted by atomic mass is 15.1. The fraction of sp³-hybridized carbons (Fsp3) is 0.222. The monoisotopic (exact) mass is 277 g/mol.